The van der Waals surface area contributed by atoms with Crippen molar-refractivity contribution < 1.29 is 14.3 Å². The van der Waals surface area contributed by atoms with Gasteiger partial charge in [-0.3, -0.25) is 4.79 Å². The minimum atomic E-state index is -0.121. The van der Waals surface area contributed by atoms with Crippen LogP contribution in [0.25, 0.3) is 0 Å². The highest BCUT2D eigenvalue weighted by Crippen LogP contribution is 2.40. The molecule has 2 aromatic rings. The Bertz CT molecular complexity index is 849. The molecule has 0 unspecified atom stereocenters. The number of rotatable bonds is 7. The van der Waals surface area contributed by atoms with E-state index in [4.69, 9.17) is 9.47 Å². The molecule has 0 saturated carbocycles. The number of carbonyl (C=O) groups is 1. The zero-order chi connectivity index (χ0) is 20.3. The Hall–Kier alpha value is -2.29. The molecule has 1 heterocycles. The first-order valence-corrected chi connectivity index (χ1v) is 10.4. The second kappa shape index (κ2) is 8.38. The molecule has 0 aromatic heterocycles. The van der Waals surface area contributed by atoms with Crippen molar-refractivity contribution in [2.45, 2.75) is 71.8 Å². The van der Waals surface area contributed by atoms with Crippen molar-refractivity contribution in [3.8, 4) is 5.75 Å². The van der Waals surface area contributed by atoms with E-state index >= 15 is 0 Å². The lowest BCUT2D eigenvalue weighted by Crippen LogP contribution is -2.26. The van der Waals surface area contributed by atoms with Gasteiger partial charge in [-0.2, -0.15) is 0 Å². The van der Waals surface area contributed by atoms with Gasteiger partial charge in [-0.25, -0.2) is 0 Å². The van der Waals surface area contributed by atoms with Crippen LogP contribution in [0.4, 0.5) is 0 Å². The van der Waals surface area contributed by atoms with Crippen LogP contribution < -0.4 is 4.74 Å². The van der Waals surface area contributed by atoms with Gasteiger partial charge >= 0.3 is 5.97 Å². The first-order valence-electron chi connectivity index (χ1n) is 10.4. The van der Waals surface area contributed by atoms with Crippen LogP contribution >= 0.6 is 0 Å². The van der Waals surface area contributed by atoms with Crippen molar-refractivity contribution in [1.82, 2.24) is 0 Å². The summed E-state index contributed by atoms with van der Waals surface area (Å²) in [6, 6.07) is 13.4. The SMILES string of the molecule is CCC(CC)(c1ccc(C)c(C)c1)c1ccc(OC[C@H]2CCC(=O)O2)c(C)c1. The Morgan fingerprint density at radius 1 is 0.964 bits per heavy atom. The fourth-order valence-corrected chi connectivity index (χ4v) is 4.26. The van der Waals surface area contributed by atoms with E-state index in [9.17, 15) is 4.79 Å². The number of aryl methyl sites for hydroxylation is 3. The number of hydrogen-bond donors (Lipinski definition) is 0. The van der Waals surface area contributed by atoms with Gasteiger partial charge in [0.25, 0.3) is 0 Å². The zero-order valence-corrected chi connectivity index (χ0v) is 17.8. The van der Waals surface area contributed by atoms with Crippen molar-refractivity contribution in [3.63, 3.8) is 0 Å². The van der Waals surface area contributed by atoms with Gasteiger partial charge in [-0.1, -0.05) is 44.2 Å². The van der Waals surface area contributed by atoms with Crippen LogP contribution in [0.1, 0.15) is 67.3 Å². The summed E-state index contributed by atoms with van der Waals surface area (Å²) in [5.74, 6) is 0.748. The molecule has 150 valence electrons. The van der Waals surface area contributed by atoms with E-state index in [0.717, 1.165) is 30.6 Å². The van der Waals surface area contributed by atoms with E-state index in [-0.39, 0.29) is 17.5 Å². The van der Waals surface area contributed by atoms with E-state index in [2.05, 4.69) is 71.0 Å². The standard InChI is InChI=1S/C25H32O3/c1-6-25(7-2,20-9-8-17(3)18(4)14-20)21-10-12-23(19(5)15-21)27-16-22-11-13-24(26)28-22/h8-10,12,14-15,22H,6-7,11,13,16H2,1-5H3/t22-/m1/s1. The Labute approximate surface area is 169 Å². The zero-order valence-electron chi connectivity index (χ0n) is 17.8. The molecule has 0 bridgehead atoms. The van der Waals surface area contributed by atoms with Crippen LogP contribution in [0.15, 0.2) is 36.4 Å². The van der Waals surface area contributed by atoms with E-state index < -0.39 is 0 Å². The van der Waals surface area contributed by atoms with Gasteiger partial charge in [-0.15, -0.1) is 0 Å². The Morgan fingerprint density at radius 2 is 1.61 bits per heavy atom. The fraction of sp³-hybridized carbons (Fsp3) is 0.480. The summed E-state index contributed by atoms with van der Waals surface area (Å²) in [6.45, 7) is 11.4. The van der Waals surface area contributed by atoms with Crippen molar-refractivity contribution in [2.75, 3.05) is 6.61 Å². The maximum Gasteiger partial charge on any atom is 0.306 e. The number of benzene rings is 2. The first-order chi connectivity index (χ1) is 13.4. The number of cyclic esters (lactones) is 1. The minimum Gasteiger partial charge on any atom is -0.489 e. The Kier molecular flexibility index (Phi) is 6.12. The summed E-state index contributed by atoms with van der Waals surface area (Å²) >= 11 is 0. The molecule has 0 amide bonds. The predicted molar refractivity (Wildman–Crippen MR) is 113 cm³/mol. The Balaban J connectivity index is 1.86. The van der Waals surface area contributed by atoms with E-state index in [1.807, 2.05) is 0 Å². The quantitative estimate of drug-likeness (QED) is 0.569. The monoisotopic (exact) mass is 380 g/mol. The molecular formula is C25H32O3. The molecule has 1 saturated heterocycles. The van der Waals surface area contributed by atoms with E-state index in [0.29, 0.717) is 13.0 Å². The Morgan fingerprint density at radius 3 is 2.14 bits per heavy atom. The number of hydrogen-bond acceptors (Lipinski definition) is 3. The summed E-state index contributed by atoms with van der Waals surface area (Å²) in [5, 5.41) is 0. The van der Waals surface area contributed by atoms with Crippen LogP contribution in [0, 0.1) is 20.8 Å². The highest BCUT2D eigenvalue weighted by atomic mass is 16.6. The van der Waals surface area contributed by atoms with Crippen LogP contribution in [-0.2, 0) is 14.9 Å². The molecule has 0 aliphatic carbocycles. The van der Waals surface area contributed by atoms with E-state index in [1.54, 1.807) is 0 Å². The van der Waals surface area contributed by atoms with Crippen molar-refractivity contribution in [1.29, 1.82) is 0 Å². The minimum absolute atomic E-state index is 0.00271. The van der Waals surface area contributed by atoms with Crippen LogP contribution in [0.3, 0.4) is 0 Å². The first kappa shape index (κ1) is 20.4. The molecule has 1 atom stereocenters. The highest BCUT2D eigenvalue weighted by Gasteiger charge is 2.31. The van der Waals surface area contributed by atoms with Gasteiger partial charge in [0, 0.05) is 11.8 Å². The van der Waals surface area contributed by atoms with Gasteiger partial charge in [0.05, 0.1) is 0 Å². The van der Waals surface area contributed by atoms with Crippen LogP contribution in [-0.4, -0.2) is 18.7 Å². The predicted octanol–water partition coefficient (Wildman–Crippen LogP) is 5.80. The molecule has 0 N–H and O–H groups in total. The van der Waals surface area contributed by atoms with E-state index in [1.165, 1.54) is 22.3 Å². The molecule has 3 nitrogen and oxygen atoms in total. The molecule has 0 radical (unpaired) electrons. The topological polar surface area (TPSA) is 35.5 Å². The molecule has 1 fully saturated rings. The summed E-state index contributed by atoms with van der Waals surface area (Å²) < 4.78 is 11.2. The van der Waals surface area contributed by atoms with Gasteiger partial charge < -0.3 is 9.47 Å². The molecule has 0 spiro atoms. The van der Waals surface area contributed by atoms with Gasteiger partial charge in [0.2, 0.25) is 0 Å². The number of ether oxygens (including phenoxy) is 2. The summed E-state index contributed by atoms with van der Waals surface area (Å²) in [7, 11) is 0. The fourth-order valence-electron chi connectivity index (χ4n) is 4.26. The normalized spacial score (nSPS) is 16.9. The van der Waals surface area contributed by atoms with Crippen LogP contribution in [0.5, 0.6) is 5.75 Å². The maximum atomic E-state index is 11.3. The third-order valence-electron chi connectivity index (χ3n) is 6.39. The third kappa shape index (κ3) is 3.94. The lowest BCUT2D eigenvalue weighted by molar-refractivity contribution is -0.142. The smallest absolute Gasteiger partial charge is 0.306 e. The average molecular weight is 381 g/mol. The molecule has 3 rings (SSSR count). The summed E-state index contributed by atoms with van der Waals surface area (Å²) in [6.07, 6.45) is 3.22. The van der Waals surface area contributed by atoms with Crippen LogP contribution in [0.2, 0.25) is 0 Å². The van der Waals surface area contributed by atoms with Crippen molar-refractivity contribution >= 4 is 5.97 Å². The second-order valence-corrected chi connectivity index (χ2v) is 8.03. The summed E-state index contributed by atoms with van der Waals surface area (Å²) in [5.41, 5.74) is 6.51. The van der Waals surface area contributed by atoms with Gasteiger partial charge in [0.15, 0.2) is 0 Å². The van der Waals surface area contributed by atoms with Crippen molar-refractivity contribution in [3.05, 3.63) is 64.2 Å². The van der Waals surface area contributed by atoms with Crippen molar-refractivity contribution in [2.24, 2.45) is 0 Å². The number of esters is 1. The van der Waals surface area contributed by atoms with Gasteiger partial charge in [-0.05, 0) is 73.9 Å². The molecule has 1 aliphatic heterocycles. The maximum absolute atomic E-state index is 11.3. The molecular weight excluding hydrogens is 348 g/mol. The largest absolute Gasteiger partial charge is 0.489 e. The lowest BCUT2D eigenvalue weighted by atomic mass is 9.70. The second-order valence-electron chi connectivity index (χ2n) is 8.03. The lowest BCUT2D eigenvalue weighted by Gasteiger charge is -2.34. The van der Waals surface area contributed by atoms with Gasteiger partial charge in [0.1, 0.15) is 18.5 Å². The summed E-state index contributed by atoms with van der Waals surface area (Å²) in [4.78, 5) is 11.3. The molecule has 28 heavy (non-hydrogen) atoms. The highest BCUT2D eigenvalue weighted by molar-refractivity contribution is 5.71. The average Bonchev–Trinajstić information content (AvgIpc) is 3.10. The third-order valence-corrected chi connectivity index (χ3v) is 6.39. The molecule has 2 aromatic carbocycles. The molecule has 1 aliphatic rings. The molecule has 3 heteroatoms. The number of carbonyl (C=O) groups excluding carboxylic acids is 1.